The van der Waals surface area contributed by atoms with Gasteiger partial charge < -0.3 is 5.11 Å². The second-order valence-corrected chi connectivity index (χ2v) is 6.83. The van der Waals surface area contributed by atoms with Gasteiger partial charge in [0.05, 0.1) is 11.5 Å². The number of aryl methyl sites for hydroxylation is 1. The van der Waals surface area contributed by atoms with Gasteiger partial charge in [0.2, 0.25) is 10.0 Å². The SMILES string of the molecule is Cc1cc(S(=O)(=O)NC(C)C2CC2)cc(CO)c1F. The highest BCUT2D eigenvalue weighted by Crippen LogP contribution is 2.33. The lowest BCUT2D eigenvalue weighted by Crippen LogP contribution is -2.34. The lowest BCUT2D eigenvalue weighted by molar-refractivity contribution is 0.275. The highest BCUT2D eigenvalue weighted by Gasteiger charge is 2.31. The zero-order valence-corrected chi connectivity index (χ0v) is 11.8. The monoisotopic (exact) mass is 287 g/mol. The minimum Gasteiger partial charge on any atom is -0.392 e. The number of halogens is 1. The van der Waals surface area contributed by atoms with E-state index in [-0.39, 0.29) is 22.1 Å². The maximum absolute atomic E-state index is 13.6. The fraction of sp³-hybridized carbons (Fsp3) is 0.538. The van der Waals surface area contributed by atoms with Crippen LogP contribution in [0.15, 0.2) is 17.0 Å². The van der Waals surface area contributed by atoms with Crippen molar-refractivity contribution in [3.8, 4) is 0 Å². The van der Waals surface area contributed by atoms with E-state index in [1.807, 2.05) is 6.92 Å². The third-order valence-electron chi connectivity index (χ3n) is 3.45. The van der Waals surface area contributed by atoms with Crippen LogP contribution < -0.4 is 4.72 Å². The number of aliphatic hydroxyl groups is 1. The molecule has 0 aromatic heterocycles. The Hall–Kier alpha value is -0.980. The molecule has 0 amide bonds. The third-order valence-corrected chi connectivity index (χ3v) is 4.99. The van der Waals surface area contributed by atoms with Crippen molar-refractivity contribution in [3.05, 3.63) is 29.1 Å². The first kappa shape index (κ1) is 14.4. The average Bonchev–Trinajstić information content (AvgIpc) is 3.15. The van der Waals surface area contributed by atoms with Gasteiger partial charge in [0, 0.05) is 11.6 Å². The summed E-state index contributed by atoms with van der Waals surface area (Å²) in [6, 6.07) is 2.36. The Morgan fingerprint density at radius 3 is 2.63 bits per heavy atom. The molecule has 1 aliphatic carbocycles. The molecule has 0 heterocycles. The van der Waals surface area contributed by atoms with Gasteiger partial charge in [0.15, 0.2) is 0 Å². The molecular weight excluding hydrogens is 269 g/mol. The maximum atomic E-state index is 13.6. The number of hydrogen-bond acceptors (Lipinski definition) is 3. The molecule has 19 heavy (non-hydrogen) atoms. The zero-order chi connectivity index (χ0) is 14.2. The molecule has 0 spiro atoms. The Bertz CT molecular complexity index is 582. The molecular formula is C13H18FNO3S. The van der Waals surface area contributed by atoms with Crippen LogP contribution in [0.1, 0.15) is 30.9 Å². The van der Waals surface area contributed by atoms with Crippen molar-refractivity contribution in [3.63, 3.8) is 0 Å². The van der Waals surface area contributed by atoms with Crippen LogP contribution >= 0.6 is 0 Å². The van der Waals surface area contributed by atoms with Crippen LogP contribution in [0.5, 0.6) is 0 Å². The van der Waals surface area contributed by atoms with E-state index < -0.39 is 22.4 Å². The fourth-order valence-electron chi connectivity index (χ4n) is 2.08. The minimum atomic E-state index is -3.66. The van der Waals surface area contributed by atoms with E-state index in [1.54, 1.807) is 0 Å². The van der Waals surface area contributed by atoms with E-state index in [0.717, 1.165) is 12.8 Å². The van der Waals surface area contributed by atoms with Crippen LogP contribution in [0.4, 0.5) is 4.39 Å². The first-order valence-corrected chi connectivity index (χ1v) is 7.75. The first-order valence-electron chi connectivity index (χ1n) is 6.27. The number of nitrogens with one attached hydrogen (secondary N) is 1. The largest absolute Gasteiger partial charge is 0.392 e. The molecule has 1 aromatic carbocycles. The Morgan fingerprint density at radius 1 is 1.47 bits per heavy atom. The average molecular weight is 287 g/mol. The van der Waals surface area contributed by atoms with E-state index in [4.69, 9.17) is 5.11 Å². The molecule has 1 aromatic rings. The predicted molar refractivity (Wildman–Crippen MR) is 69.6 cm³/mol. The van der Waals surface area contributed by atoms with Crippen molar-refractivity contribution in [2.45, 2.75) is 44.2 Å². The molecule has 4 nitrogen and oxygen atoms in total. The second-order valence-electron chi connectivity index (χ2n) is 5.12. The van der Waals surface area contributed by atoms with Crippen LogP contribution in [-0.4, -0.2) is 19.6 Å². The van der Waals surface area contributed by atoms with E-state index in [1.165, 1.54) is 19.1 Å². The quantitative estimate of drug-likeness (QED) is 0.866. The normalized spacial score (nSPS) is 17.5. The Morgan fingerprint density at radius 2 is 2.11 bits per heavy atom. The highest BCUT2D eigenvalue weighted by molar-refractivity contribution is 7.89. The van der Waals surface area contributed by atoms with E-state index in [9.17, 15) is 12.8 Å². The standard InChI is InChI=1S/C13H18FNO3S/c1-8-5-12(6-11(7-16)13(8)14)19(17,18)15-9(2)10-3-4-10/h5-6,9-10,15-16H,3-4,7H2,1-2H3. The number of rotatable bonds is 5. The molecule has 2 N–H and O–H groups in total. The van der Waals surface area contributed by atoms with Gasteiger partial charge in [-0.25, -0.2) is 17.5 Å². The van der Waals surface area contributed by atoms with Gasteiger partial charge in [-0.2, -0.15) is 0 Å². The van der Waals surface area contributed by atoms with Crippen LogP contribution in [-0.2, 0) is 16.6 Å². The Balaban J connectivity index is 2.31. The summed E-state index contributed by atoms with van der Waals surface area (Å²) in [5.41, 5.74) is 0.213. The topological polar surface area (TPSA) is 66.4 Å². The summed E-state index contributed by atoms with van der Waals surface area (Å²) >= 11 is 0. The molecule has 2 rings (SSSR count). The van der Waals surface area contributed by atoms with Crippen molar-refractivity contribution in [2.24, 2.45) is 5.92 Å². The summed E-state index contributed by atoms with van der Waals surface area (Å²) in [5, 5.41) is 9.06. The van der Waals surface area contributed by atoms with E-state index in [2.05, 4.69) is 4.72 Å². The maximum Gasteiger partial charge on any atom is 0.240 e. The summed E-state index contributed by atoms with van der Waals surface area (Å²) in [4.78, 5) is 0.00273. The minimum absolute atomic E-state index is 0.000509. The molecule has 0 radical (unpaired) electrons. The smallest absolute Gasteiger partial charge is 0.240 e. The molecule has 1 fully saturated rings. The third kappa shape index (κ3) is 3.13. The van der Waals surface area contributed by atoms with Gasteiger partial charge in [-0.05, 0) is 50.3 Å². The summed E-state index contributed by atoms with van der Waals surface area (Å²) in [5.74, 6) is -0.162. The molecule has 1 unspecified atom stereocenters. The van der Waals surface area contributed by atoms with Crippen LogP contribution in [0.3, 0.4) is 0 Å². The second kappa shape index (κ2) is 5.19. The van der Waals surface area contributed by atoms with Gasteiger partial charge in [-0.1, -0.05) is 0 Å². The van der Waals surface area contributed by atoms with Crippen LogP contribution in [0.25, 0.3) is 0 Å². The molecule has 106 valence electrons. The lowest BCUT2D eigenvalue weighted by atomic mass is 10.1. The van der Waals surface area contributed by atoms with Crippen molar-refractivity contribution >= 4 is 10.0 Å². The lowest BCUT2D eigenvalue weighted by Gasteiger charge is -2.14. The van der Waals surface area contributed by atoms with Gasteiger partial charge in [-0.15, -0.1) is 0 Å². The molecule has 0 aliphatic heterocycles. The summed E-state index contributed by atoms with van der Waals surface area (Å²) in [7, 11) is -3.66. The van der Waals surface area contributed by atoms with Gasteiger partial charge in [-0.3, -0.25) is 0 Å². The van der Waals surface area contributed by atoms with Gasteiger partial charge in [0.25, 0.3) is 0 Å². The van der Waals surface area contributed by atoms with Crippen molar-refractivity contribution in [1.82, 2.24) is 4.72 Å². The Labute approximate surface area is 112 Å². The molecule has 6 heteroatoms. The molecule has 1 saturated carbocycles. The molecule has 1 aliphatic rings. The first-order chi connectivity index (χ1) is 8.85. The van der Waals surface area contributed by atoms with Crippen LogP contribution in [0, 0.1) is 18.7 Å². The fourth-order valence-corrected chi connectivity index (χ4v) is 3.53. The van der Waals surface area contributed by atoms with E-state index in [0.29, 0.717) is 5.92 Å². The summed E-state index contributed by atoms with van der Waals surface area (Å²) in [6.07, 6.45) is 2.07. The number of benzene rings is 1. The predicted octanol–water partition coefficient (Wildman–Crippen LogP) is 1.70. The molecule has 0 bridgehead atoms. The van der Waals surface area contributed by atoms with Crippen molar-refractivity contribution < 1.29 is 17.9 Å². The number of hydrogen-bond donors (Lipinski definition) is 2. The summed E-state index contributed by atoms with van der Waals surface area (Å²) < 4.78 is 40.6. The number of sulfonamides is 1. The van der Waals surface area contributed by atoms with Crippen molar-refractivity contribution in [1.29, 1.82) is 0 Å². The van der Waals surface area contributed by atoms with Gasteiger partial charge in [0.1, 0.15) is 5.82 Å². The van der Waals surface area contributed by atoms with Crippen LogP contribution in [0.2, 0.25) is 0 Å². The molecule has 1 atom stereocenters. The van der Waals surface area contributed by atoms with Gasteiger partial charge >= 0.3 is 0 Å². The molecule has 0 saturated heterocycles. The summed E-state index contributed by atoms with van der Waals surface area (Å²) in [6.45, 7) is 2.80. The number of aliphatic hydroxyl groups excluding tert-OH is 1. The zero-order valence-electron chi connectivity index (χ0n) is 11.0. The van der Waals surface area contributed by atoms with E-state index >= 15 is 0 Å². The van der Waals surface area contributed by atoms with Crippen molar-refractivity contribution in [2.75, 3.05) is 0 Å². The highest BCUT2D eigenvalue weighted by atomic mass is 32.2. The Kier molecular flexibility index (Phi) is 3.94.